The minimum atomic E-state index is -3.81. The summed E-state index contributed by atoms with van der Waals surface area (Å²) in [5.74, 6) is 0.878. The van der Waals surface area contributed by atoms with Crippen molar-refractivity contribution in [2.45, 2.75) is 31.7 Å². The molecule has 0 bridgehead atoms. The second-order valence-electron chi connectivity index (χ2n) is 6.59. The van der Waals surface area contributed by atoms with Crippen LogP contribution in [0.4, 0.5) is 0 Å². The molecule has 0 aliphatic heterocycles. The summed E-state index contributed by atoms with van der Waals surface area (Å²) in [6, 6.07) is 11.7. The molecule has 0 radical (unpaired) electrons. The SMILES string of the molecule is CCN(CC(=O)N[C@H](C)c1ccccc1OC)S(=O)(=O)c1ccc(OC)c(C)c1. The van der Waals surface area contributed by atoms with Crippen LogP contribution in [0.25, 0.3) is 0 Å². The molecule has 1 amide bonds. The van der Waals surface area contributed by atoms with Gasteiger partial charge in [-0.05, 0) is 43.7 Å². The van der Waals surface area contributed by atoms with Crippen LogP contribution >= 0.6 is 0 Å². The number of carbonyl (C=O) groups excluding carboxylic acids is 1. The number of nitrogens with one attached hydrogen (secondary N) is 1. The van der Waals surface area contributed by atoms with Crippen LogP contribution in [0.15, 0.2) is 47.4 Å². The number of methoxy groups -OCH3 is 2. The lowest BCUT2D eigenvalue weighted by Gasteiger charge is -2.22. The Morgan fingerprint density at radius 2 is 1.76 bits per heavy atom. The van der Waals surface area contributed by atoms with E-state index in [0.717, 1.165) is 9.87 Å². The molecular formula is C21H28N2O5S. The molecule has 0 fully saturated rings. The first kappa shape index (κ1) is 22.7. The van der Waals surface area contributed by atoms with E-state index in [4.69, 9.17) is 9.47 Å². The molecule has 0 saturated heterocycles. The molecule has 0 saturated carbocycles. The lowest BCUT2D eigenvalue weighted by Crippen LogP contribution is -2.41. The van der Waals surface area contributed by atoms with Crippen molar-refractivity contribution in [2.75, 3.05) is 27.3 Å². The van der Waals surface area contributed by atoms with Gasteiger partial charge in [-0.2, -0.15) is 4.31 Å². The number of amides is 1. The second kappa shape index (κ2) is 9.76. The van der Waals surface area contributed by atoms with Gasteiger partial charge in [0.25, 0.3) is 0 Å². The van der Waals surface area contributed by atoms with Crippen molar-refractivity contribution in [1.29, 1.82) is 0 Å². The Hall–Kier alpha value is -2.58. The number of nitrogens with zero attached hydrogens (tertiary/aromatic N) is 1. The summed E-state index contributed by atoms with van der Waals surface area (Å²) < 4.78 is 37.6. The van der Waals surface area contributed by atoms with Crippen molar-refractivity contribution < 1.29 is 22.7 Å². The standard InChI is InChI=1S/C21H28N2O5S/c1-6-23(29(25,26)17-11-12-19(27-4)15(2)13-17)14-21(24)22-16(3)18-9-7-8-10-20(18)28-5/h7-13,16H,6,14H2,1-5H3,(H,22,24)/t16-/m1/s1. The van der Waals surface area contributed by atoms with Gasteiger partial charge in [0, 0.05) is 12.1 Å². The predicted molar refractivity (Wildman–Crippen MR) is 112 cm³/mol. The van der Waals surface area contributed by atoms with Crippen LogP contribution in [-0.4, -0.2) is 45.9 Å². The Morgan fingerprint density at radius 3 is 2.34 bits per heavy atom. The fraction of sp³-hybridized carbons (Fsp3) is 0.381. The summed E-state index contributed by atoms with van der Waals surface area (Å²) in [7, 11) is -0.720. The molecule has 0 heterocycles. The molecule has 0 unspecified atom stereocenters. The first-order valence-electron chi connectivity index (χ1n) is 9.31. The smallest absolute Gasteiger partial charge is 0.243 e. The molecule has 2 aromatic carbocycles. The van der Waals surface area contributed by atoms with Crippen LogP contribution in [0.1, 0.15) is 31.0 Å². The van der Waals surface area contributed by atoms with Crippen LogP contribution in [0, 0.1) is 6.92 Å². The van der Waals surface area contributed by atoms with Crippen molar-refractivity contribution in [3.05, 3.63) is 53.6 Å². The average Bonchev–Trinajstić information content (AvgIpc) is 2.71. The van der Waals surface area contributed by atoms with E-state index in [0.29, 0.717) is 17.1 Å². The van der Waals surface area contributed by atoms with Gasteiger partial charge in [-0.25, -0.2) is 8.42 Å². The van der Waals surface area contributed by atoms with E-state index < -0.39 is 10.0 Å². The Balaban J connectivity index is 2.15. The highest BCUT2D eigenvalue weighted by Gasteiger charge is 2.26. The number of aryl methyl sites for hydroxylation is 1. The Kier molecular flexibility index (Phi) is 7.64. The van der Waals surface area contributed by atoms with Crippen LogP contribution in [0.3, 0.4) is 0 Å². The first-order valence-corrected chi connectivity index (χ1v) is 10.8. The van der Waals surface area contributed by atoms with E-state index in [2.05, 4.69) is 5.32 Å². The summed E-state index contributed by atoms with van der Waals surface area (Å²) in [5.41, 5.74) is 1.53. The minimum absolute atomic E-state index is 0.128. The number of ether oxygens (including phenoxy) is 2. The van der Waals surface area contributed by atoms with Crippen LogP contribution in [0.5, 0.6) is 11.5 Å². The summed E-state index contributed by atoms with van der Waals surface area (Å²) in [4.78, 5) is 12.7. The Labute approximate surface area is 172 Å². The fourth-order valence-electron chi connectivity index (χ4n) is 3.08. The monoisotopic (exact) mass is 420 g/mol. The van der Waals surface area contributed by atoms with E-state index in [-0.39, 0.29) is 29.9 Å². The minimum Gasteiger partial charge on any atom is -0.496 e. The Morgan fingerprint density at radius 1 is 1.10 bits per heavy atom. The molecule has 7 nitrogen and oxygen atoms in total. The number of carbonyl (C=O) groups is 1. The van der Waals surface area contributed by atoms with Crippen LogP contribution in [0.2, 0.25) is 0 Å². The normalized spacial score (nSPS) is 12.5. The molecular weight excluding hydrogens is 392 g/mol. The largest absolute Gasteiger partial charge is 0.496 e. The highest BCUT2D eigenvalue weighted by Crippen LogP contribution is 2.25. The molecule has 2 rings (SSSR count). The third-order valence-electron chi connectivity index (χ3n) is 4.66. The average molecular weight is 421 g/mol. The van der Waals surface area contributed by atoms with Gasteiger partial charge in [-0.1, -0.05) is 25.1 Å². The zero-order valence-electron chi connectivity index (χ0n) is 17.4. The van der Waals surface area contributed by atoms with Crippen molar-refractivity contribution in [2.24, 2.45) is 0 Å². The molecule has 0 aliphatic rings. The topological polar surface area (TPSA) is 84.9 Å². The first-order chi connectivity index (χ1) is 13.7. The quantitative estimate of drug-likeness (QED) is 0.674. The van der Waals surface area contributed by atoms with Gasteiger partial charge in [0.1, 0.15) is 11.5 Å². The maximum atomic E-state index is 13.0. The van der Waals surface area contributed by atoms with Crippen LogP contribution < -0.4 is 14.8 Å². The van der Waals surface area contributed by atoms with Gasteiger partial charge in [-0.15, -0.1) is 0 Å². The summed E-state index contributed by atoms with van der Waals surface area (Å²) in [6.07, 6.45) is 0. The van der Waals surface area contributed by atoms with Crippen molar-refractivity contribution in [1.82, 2.24) is 9.62 Å². The predicted octanol–water partition coefficient (Wildman–Crippen LogP) is 2.90. The molecule has 0 aromatic heterocycles. The summed E-state index contributed by atoms with van der Waals surface area (Å²) in [6.45, 7) is 5.20. The maximum Gasteiger partial charge on any atom is 0.243 e. The number of sulfonamides is 1. The van der Waals surface area contributed by atoms with Gasteiger partial charge in [-0.3, -0.25) is 4.79 Å². The van der Waals surface area contributed by atoms with E-state index in [1.165, 1.54) is 13.2 Å². The third-order valence-corrected chi connectivity index (χ3v) is 6.58. The van der Waals surface area contributed by atoms with Crippen molar-refractivity contribution >= 4 is 15.9 Å². The van der Waals surface area contributed by atoms with Gasteiger partial charge in [0.15, 0.2) is 0 Å². The van der Waals surface area contributed by atoms with Crippen LogP contribution in [-0.2, 0) is 14.8 Å². The molecule has 1 atom stereocenters. The zero-order chi connectivity index (χ0) is 21.6. The van der Waals surface area contributed by atoms with Crippen molar-refractivity contribution in [3.8, 4) is 11.5 Å². The number of rotatable bonds is 9. The second-order valence-corrected chi connectivity index (χ2v) is 8.53. The molecule has 29 heavy (non-hydrogen) atoms. The van der Waals surface area contributed by atoms with Gasteiger partial charge in [0.2, 0.25) is 15.9 Å². The van der Waals surface area contributed by atoms with Crippen molar-refractivity contribution in [3.63, 3.8) is 0 Å². The van der Waals surface area contributed by atoms with E-state index in [1.54, 1.807) is 33.1 Å². The van der Waals surface area contributed by atoms with E-state index in [9.17, 15) is 13.2 Å². The third kappa shape index (κ3) is 5.27. The number of hydrogen-bond acceptors (Lipinski definition) is 5. The lowest BCUT2D eigenvalue weighted by molar-refractivity contribution is -0.121. The van der Waals surface area contributed by atoms with Gasteiger partial charge < -0.3 is 14.8 Å². The fourth-order valence-corrected chi connectivity index (χ4v) is 4.57. The highest BCUT2D eigenvalue weighted by atomic mass is 32.2. The maximum absolute atomic E-state index is 13.0. The highest BCUT2D eigenvalue weighted by molar-refractivity contribution is 7.89. The molecule has 8 heteroatoms. The van der Waals surface area contributed by atoms with Gasteiger partial charge in [0.05, 0.1) is 31.7 Å². The molecule has 0 spiro atoms. The molecule has 1 N–H and O–H groups in total. The number of para-hydroxylation sites is 1. The Bertz CT molecular complexity index is 959. The van der Waals surface area contributed by atoms with E-state index in [1.807, 2.05) is 31.2 Å². The number of benzene rings is 2. The number of likely N-dealkylation sites (N-methyl/N-ethyl adjacent to an activating group) is 1. The zero-order valence-corrected chi connectivity index (χ0v) is 18.2. The summed E-state index contributed by atoms with van der Waals surface area (Å²) >= 11 is 0. The lowest BCUT2D eigenvalue weighted by atomic mass is 10.1. The molecule has 2 aromatic rings. The molecule has 0 aliphatic carbocycles. The summed E-state index contributed by atoms with van der Waals surface area (Å²) in [5, 5.41) is 2.84. The molecule has 158 valence electrons. The van der Waals surface area contributed by atoms with Gasteiger partial charge >= 0.3 is 0 Å². The number of hydrogen-bond donors (Lipinski definition) is 1. The van der Waals surface area contributed by atoms with E-state index >= 15 is 0 Å².